The fourth-order valence-corrected chi connectivity index (χ4v) is 5.82. The molecule has 2 heterocycles. The minimum absolute atomic E-state index is 0.00472. The molecule has 54 heavy (non-hydrogen) atoms. The number of rotatable bonds is 21. The summed E-state index contributed by atoms with van der Waals surface area (Å²) in [4.78, 5) is 45.8. The molecule has 0 bridgehead atoms. The molecule has 0 aliphatic carbocycles. The van der Waals surface area contributed by atoms with Crippen LogP contribution in [0.3, 0.4) is 0 Å². The number of carbonyl (C=O) groups is 3. The van der Waals surface area contributed by atoms with Crippen LogP contribution in [-0.2, 0) is 35.0 Å². The van der Waals surface area contributed by atoms with Crippen LogP contribution in [0.5, 0.6) is 5.75 Å². The normalized spacial score (nSPS) is 21.5. The molecule has 3 rings (SSSR count). The van der Waals surface area contributed by atoms with Crippen LogP contribution in [0, 0.1) is 0 Å². The van der Waals surface area contributed by atoms with Crippen molar-refractivity contribution in [2.45, 2.75) is 88.5 Å². The summed E-state index contributed by atoms with van der Waals surface area (Å²) in [6.45, 7) is 9.80. The first-order chi connectivity index (χ1) is 25.6. The molecule has 2 aromatic rings. The molecule has 0 spiro atoms. The molecular weight excluding hydrogens is 722 g/mol. The third-order valence-electron chi connectivity index (χ3n) is 8.22. The smallest absolute Gasteiger partial charge is 0.269 e. The van der Waals surface area contributed by atoms with Gasteiger partial charge in [0.1, 0.15) is 41.5 Å². The summed E-state index contributed by atoms with van der Waals surface area (Å²) >= 11 is 1.50. The molecule has 2 amide bonds. The van der Waals surface area contributed by atoms with E-state index in [4.69, 9.17) is 18.9 Å². The number of ketones is 1. The van der Waals surface area contributed by atoms with Crippen molar-refractivity contribution in [3.05, 3.63) is 53.3 Å². The number of nitrogens with one attached hydrogen (secondary N) is 3. The van der Waals surface area contributed by atoms with Crippen LogP contribution in [0.1, 0.15) is 56.2 Å². The van der Waals surface area contributed by atoms with Crippen molar-refractivity contribution >= 4 is 41.3 Å². The van der Waals surface area contributed by atoms with E-state index in [1.807, 2.05) is 34.0 Å². The molecule has 300 valence electrons. The number of nitrogens with zero attached hydrogens (tertiary/aromatic N) is 2. The third-order valence-corrected chi connectivity index (χ3v) is 9.16. The van der Waals surface area contributed by atoms with Crippen LogP contribution < -0.4 is 16.0 Å². The predicted molar refractivity (Wildman–Crippen MR) is 203 cm³/mol. The standard InChI is InChI=1S/C37H55N5O11S/c1-22(54-6)32(46)28(42-37(3,4)5)18-24-8-10-29(45)27(17-24)40-20-25-7-9-26(39-19-25)35(49)38-11-12-50-13-14-51-15-16-52-36-31(41-23(2)44)34(48)33(47)30(21-43)53-36/h7-10,17,19-20,22,28,30-31,33-34,36,42-43,45,47-48H,11-16,18,21H2,1-6H3,(H,38,49)(H,41,44)/b40-20+/t22?,28?,30?,31?,33-,34?,36+/m0/s1. The SMILES string of the molecule is CSC(C)C(=O)C(Cc1ccc(O)c(/N=C/c2ccc(C(=O)NCCOCCOCCO[C@@H]3OC(CO)[C@H](O)C(O)C3NC(C)=O)nc2)c1)NC(C)(C)C. The van der Waals surface area contributed by atoms with Crippen LogP contribution in [-0.4, -0.2) is 149 Å². The minimum atomic E-state index is -1.39. The van der Waals surface area contributed by atoms with Gasteiger partial charge in [-0.15, -0.1) is 0 Å². The molecule has 1 saturated heterocycles. The van der Waals surface area contributed by atoms with Gasteiger partial charge >= 0.3 is 0 Å². The Bertz CT molecular complexity index is 1520. The molecule has 1 aromatic heterocycles. The van der Waals surface area contributed by atoms with Gasteiger partial charge in [0.05, 0.1) is 50.9 Å². The van der Waals surface area contributed by atoms with Gasteiger partial charge in [-0.2, -0.15) is 11.8 Å². The number of hydrogen-bond acceptors (Lipinski definition) is 15. The number of aliphatic imine (C=N–C) groups is 1. The second kappa shape index (κ2) is 22.1. The van der Waals surface area contributed by atoms with Gasteiger partial charge in [0.25, 0.3) is 5.91 Å². The number of aliphatic hydroxyl groups is 3. The maximum atomic E-state index is 13.1. The molecule has 1 aliphatic heterocycles. The van der Waals surface area contributed by atoms with Crippen LogP contribution in [0.2, 0.25) is 0 Å². The summed E-state index contributed by atoms with van der Waals surface area (Å²) in [5, 5.41) is 48.7. The van der Waals surface area contributed by atoms with E-state index < -0.39 is 49.2 Å². The Morgan fingerprint density at radius 1 is 1.06 bits per heavy atom. The summed E-state index contributed by atoms with van der Waals surface area (Å²) in [5.74, 6) is -0.721. The van der Waals surface area contributed by atoms with Gasteiger partial charge in [-0.3, -0.25) is 24.4 Å². The number of ether oxygens (including phenoxy) is 4. The number of phenols is 1. The minimum Gasteiger partial charge on any atom is -0.506 e. The number of amides is 2. The molecule has 16 nitrogen and oxygen atoms in total. The Morgan fingerprint density at radius 2 is 1.76 bits per heavy atom. The highest BCUT2D eigenvalue weighted by molar-refractivity contribution is 7.99. The fraction of sp³-hybridized carbons (Fsp3) is 0.595. The average molecular weight is 778 g/mol. The first-order valence-electron chi connectivity index (χ1n) is 17.7. The monoisotopic (exact) mass is 777 g/mol. The van der Waals surface area contributed by atoms with Gasteiger partial charge in [0.15, 0.2) is 12.1 Å². The molecule has 1 aliphatic rings. The molecule has 7 N–H and O–H groups in total. The quantitative estimate of drug-likeness (QED) is 0.0690. The summed E-state index contributed by atoms with van der Waals surface area (Å²) in [6.07, 6.45) is 0.435. The highest BCUT2D eigenvalue weighted by atomic mass is 32.2. The van der Waals surface area contributed by atoms with Gasteiger partial charge in [-0.1, -0.05) is 6.07 Å². The van der Waals surface area contributed by atoms with E-state index in [0.717, 1.165) is 5.56 Å². The van der Waals surface area contributed by atoms with Gasteiger partial charge in [-0.05, 0) is 70.2 Å². The molecule has 17 heteroatoms. The highest BCUT2D eigenvalue weighted by Crippen LogP contribution is 2.28. The predicted octanol–water partition coefficient (Wildman–Crippen LogP) is 0.881. The van der Waals surface area contributed by atoms with Crippen molar-refractivity contribution in [3.8, 4) is 5.75 Å². The van der Waals surface area contributed by atoms with E-state index in [2.05, 4.69) is 25.9 Å². The molecule has 1 fully saturated rings. The van der Waals surface area contributed by atoms with E-state index >= 15 is 0 Å². The molecule has 0 saturated carbocycles. The lowest BCUT2D eigenvalue weighted by Crippen LogP contribution is -2.64. The number of pyridine rings is 1. The lowest BCUT2D eigenvalue weighted by atomic mass is 9.97. The topological polar surface area (TPSA) is 230 Å². The summed E-state index contributed by atoms with van der Waals surface area (Å²) < 4.78 is 22.0. The Hall–Kier alpha value is -3.52. The molecule has 0 radical (unpaired) electrons. The third kappa shape index (κ3) is 14.6. The zero-order chi connectivity index (χ0) is 39.8. The van der Waals surface area contributed by atoms with Gasteiger partial charge < -0.3 is 55.3 Å². The number of carbonyl (C=O) groups excluding carboxylic acids is 3. The summed E-state index contributed by atoms with van der Waals surface area (Å²) in [6, 6.07) is 6.92. The van der Waals surface area contributed by atoms with Crippen molar-refractivity contribution in [1.29, 1.82) is 0 Å². The zero-order valence-corrected chi connectivity index (χ0v) is 32.5. The van der Waals surface area contributed by atoms with Gasteiger partial charge in [-0.25, -0.2) is 0 Å². The van der Waals surface area contributed by atoms with Crippen molar-refractivity contribution in [2.24, 2.45) is 4.99 Å². The van der Waals surface area contributed by atoms with E-state index in [-0.39, 0.29) is 73.5 Å². The average Bonchev–Trinajstić information content (AvgIpc) is 3.13. The van der Waals surface area contributed by atoms with Crippen LogP contribution in [0.15, 0.2) is 41.5 Å². The first-order valence-corrected chi connectivity index (χ1v) is 19.0. The fourth-order valence-electron chi connectivity index (χ4n) is 5.43. The van der Waals surface area contributed by atoms with Gasteiger partial charge in [0.2, 0.25) is 5.91 Å². The Morgan fingerprint density at radius 3 is 2.39 bits per heavy atom. The number of benzene rings is 1. The second-order valence-corrected chi connectivity index (χ2v) is 15.0. The number of aliphatic hydroxyl groups excluding tert-OH is 3. The number of aromatic nitrogens is 1. The number of thioether (sulfide) groups is 1. The summed E-state index contributed by atoms with van der Waals surface area (Å²) in [5.41, 5.74) is 1.75. The van der Waals surface area contributed by atoms with E-state index in [1.165, 1.54) is 31.1 Å². The largest absolute Gasteiger partial charge is 0.506 e. The maximum absolute atomic E-state index is 13.1. The number of hydrogen-bond donors (Lipinski definition) is 7. The van der Waals surface area contributed by atoms with Crippen molar-refractivity contribution in [3.63, 3.8) is 0 Å². The summed E-state index contributed by atoms with van der Waals surface area (Å²) in [7, 11) is 0. The molecule has 1 aromatic carbocycles. The van der Waals surface area contributed by atoms with E-state index in [0.29, 0.717) is 17.7 Å². The first kappa shape index (κ1) is 44.9. The number of phenolic OH excluding ortho intramolecular Hbond substituents is 1. The lowest BCUT2D eigenvalue weighted by molar-refractivity contribution is -0.272. The Kier molecular flexibility index (Phi) is 18.4. The van der Waals surface area contributed by atoms with Crippen molar-refractivity contribution < 1.29 is 53.8 Å². The molecular formula is C37H55N5O11S. The van der Waals surface area contributed by atoms with Gasteiger partial charge in [0, 0.05) is 37.0 Å². The lowest BCUT2D eigenvalue weighted by Gasteiger charge is -2.42. The second-order valence-electron chi connectivity index (χ2n) is 13.8. The van der Waals surface area contributed by atoms with Crippen LogP contribution >= 0.6 is 11.8 Å². The van der Waals surface area contributed by atoms with E-state index in [1.54, 1.807) is 30.3 Å². The Balaban J connectivity index is 1.38. The van der Waals surface area contributed by atoms with Crippen LogP contribution in [0.25, 0.3) is 0 Å². The van der Waals surface area contributed by atoms with Crippen molar-refractivity contribution in [2.75, 3.05) is 52.4 Å². The number of Topliss-reactive ketones (excluding diaryl/α,β-unsaturated/α-hetero) is 1. The van der Waals surface area contributed by atoms with E-state index in [9.17, 15) is 34.8 Å². The molecule has 7 atom stereocenters. The number of aromatic hydroxyl groups is 1. The zero-order valence-electron chi connectivity index (χ0n) is 31.7. The van der Waals surface area contributed by atoms with Crippen LogP contribution in [0.4, 0.5) is 5.69 Å². The van der Waals surface area contributed by atoms with Crippen molar-refractivity contribution in [1.82, 2.24) is 20.9 Å². The highest BCUT2D eigenvalue weighted by Gasteiger charge is 2.45. The molecule has 5 unspecified atom stereocenters. The Labute approximate surface area is 320 Å². The maximum Gasteiger partial charge on any atom is 0.269 e.